The third-order valence-electron chi connectivity index (χ3n) is 3.67. The highest BCUT2D eigenvalue weighted by Crippen LogP contribution is 2.13. The van der Waals surface area contributed by atoms with Gasteiger partial charge < -0.3 is 5.32 Å². The van der Waals surface area contributed by atoms with Crippen LogP contribution in [0.3, 0.4) is 0 Å². The summed E-state index contributed by atoms with van der Waals surface area (Å²) in [4.78, 5) is 2.46. The zero-order valence-electron chi connectivity index (χ0n) is 11.7. The largest absolute Gasteiger partial charge is 0.314 e. The number of aromatic nitrogens is 4. The molecular formula is C14H20N6. The molecule has 1 aromatic carbocycles. The van der Waals surface area contributed by atoms with E-state index in [2.05, 4.69) is 32.7 Å². The topological polar surface area (TPSA) is 58.9 Å². The Morgan fingerprint density at radius 3 is 2.75 bits per heavy atom. The second kappa shape index (κ2) is 6.11. The smallest absolute Gasteiger partial charge is 0.170 e. The predicted molar refractivity (Wildman–Crippen MR) is 76.5 cm³/mol. The number of nitrogens with one attached hydrogen (secondary N) is 1. The van der Waals surface area contributed by atoms with Gasteiger partial charge in [0.25, 0.3) is 0 Å². The van der Waals surface area contributed by atoms with E-state index in [1.54, 1.807) is 0 Å². The summed E-state index contributed by atoms with van der Waals surface area (Å²) in [6.07, 6.45) is 1.14. The summed E-state index contributed by atoms with van der Waals surface area (Å²) in [6.45, 7) is 6.20. The van der Waals surface area contributed by atoms with Crippen LogP contribution in [0.25, 0.3) is 5.69 Å². The lowest BCUT2D eigenvalue weighted by Crippen LogP contribution is -2.57. The summed E-state index contributed by atoms with van der Waals surface area (Å²) in [5, 5.41) is 15.5. The minimum atomic E-state index is 0.607. The first kappa shape index (κ1) is 13.2. The fourth-order valence-corrected chi connectivity index (χ4v) is 2.47. The van der Waals surface area contributed by atoms with E-state index >= 15 is 0 Å². The maximum Gasteiger partial charge on any atom is 0.170 e. The highest BCUT2D eigenvalue weighted by Gasteiger charge is 2.25. The van der Waals surface area contributed by atoms with Crippen molar-refractivity contribution in [2.45, 2.75) is 25.9 Å². The molecule has 3 rings (SSSR count). The van der Waals surface area contributed by atoms with Crippen molar-refractivity contribution in [3.05, 3.63) is 36.2 Å². The maximum atomic E-state index is 4.20. The quantitative estimate of drug-likeness (QED) is 0.844. The lowest BCUT2D eigenvalue weighted by Gasteiger charge is -2.37. The third kappa shape index (κ3) is 2.71. The summed E-state index contributed by atoms with van der Waals surface area (Å²) in [5.41, 5.74) is 1.01. The summed E-state index contributed by atoms with van der Waals surface area (Å²) >= 11 is 0. The molecule has 2 aromatic rings. The Kier molecular flexibility index (Phi) is 4.03. The van der Waals surface area contributed by atoms with Gasteiger partial charge in [0.2, 0.25) is 0 Å². The standard InChI is InChI=1S/C14H20N6/c1-2-8-19(13-9-15-10-13)11-14-16-17-18-20(14)12-6-4-3-5-7-12/h3-7,13,15H,2,8-11H2,1H3. The summed E-state index contributed by atoms with van der Waals surface area (Å²) in [5.74, 6) is 0.900. The van der Waals surface area contributed by atoms with Crippen LogP contribution in [0.4, 0.5) is 0 Å². The van der Waals surface area contributed by atoms with Crippen LogP contribution in [0.15, 0.2) is 30.3 Å². The Bertz CT molecular complexity index is 534. The van der Waals surface area contributed by atoms with E-state index < -0.39 is 0 Å². The predicted octanol–water partition coefficient (Wildman–Crippen LogP) is 0.846. The van der Waals surface area contributed by atoms with E-state index in [1.165, 1.54) is 0 Å². The van der Waals surface area contributed by atoms with Gasteiger partial charge in [0.1, 0.15) is 0 Å². The molecule has 0 bridgehead atoms. The minimum absolute atomic E-state index is 0.607. The van der Waals surface area contributed by atoms with Gasteiger partial charge >= 0.3 is 0 Å². The van der Waals surface area contributed by atoms with Crippen LogP contribution in [-0.4, -0.2) is 50.8 Å². The van der Waals surface area contributed by atoms with Gasteiger partial charge in [-0.05, 0) is 35.5 Å². The van der Waals surface area contributed by atoms with E-state index in [0.717, 1.165) is 44.1 Å². The first-order valence-electron chi connectivity index (χ1n) is 7.16. The minimum Gasteiger partial charge on any atom is -0.314 e. The molecular weight excluding hydrogens is 252 g/mol. The molecule has 6 nitrogen and oxygen atoms in total. The van der Waals surface area contributed by atoms with Gasteiger partial charge in [0.05, 0.1) is 12.2 Å². The molecule has 2 heterocycles. The first-order chi connectivity index (χ1) is 9.88. The van der Waals surface area contributed by atoms with E-state index in [0.29, 0.717) is 6.04 Å². The molecule has 0 saturated carbocycles. The average molecular weight is 272 g/mol. The van der Waals surface area contributed by atoms with Crippen LogP contribution in [0.5, 0.6) is 0 Å². The average Bonchev–Trinajstić information content (AvgIpc) is 2.86. The van der Waals surface area contributed by atoms with Crippen LogP contribution in [0.2, 0.25) is 0 Å². The van der Waals surface area contributed by atoms with Crippen LogP contribution in [-0.2, 0) is 6.54 Å². The fraction of sp³-hybridized carbons (Fsp3) is 0.500. The van der Waals surface area contributed by atoms with Gasteiger partial charge in [0, 0.05) is 19.1 Å². The molecule has 1 aliphatic heterocycles. The number of rotatable bonds is 6. The molecule has 1 fully saturated rings. The molecule has 1 aromatic heterocycles. The highest BCUT2D eigenvalue weighted by atomic mass is 15.5. The van der Waals surface area contributed by atoms with Gasteiger partial charge in [-0.2, -0.15) is 4.68 Å². The number of benzene rings is 1. The van der Waals surface area contributed by atoms with Crippen LogP contribution in [0, 0.1) is 0 Å². The first-order valence-corrected chi connectivity index (χ1v) is 7.16. The van der Waals surface area contributed by atoms with Gasteiger partial charge in [-0.15, -0.1) is 5.10 Å². The Balaban J connectivity index is 1.78. The summed E-state index contributed by atoms with van der Waals surface area (Å²) in [6, 6.07) is 10.7. The molecule has 0 aliphatic carbocycles. The summed E-state index contributed by atoms with van der Waals surface area (Å²) < 4.78 is 1.83. The molecule has 0 radical (unpaired) electrons. The molecule has 0 amide bonds. The van der Waals surface area contributed by atoms with Crippen molar-refractivity contribution in [2.75, 3.05) is 19.6 Å². The summed E-state index contributed by atoms with van der Waals surface area (Å²) in [7, 11) is 0. The van der Waals surface area contributed by atoms with Crippen LogP contribution < -0.4 is 5.32 Å². The van der Waals surface area contributed by atoms with Crippen molar-refractivity contribution < 1.29 is 0 Å². The van der Waals surface area contributed by atoms with E-state index in [4.69, 9.17) is 0 Å². The van der Waals surface area contributed by atoms with Gasteiger partial charge in [-0.1, -0.05) is 25.1 Å². The molecule has 0 atom stereocenters. The van der Waals surface area contributed by atoms with Gasteiger partial charge in [-0.25, -0.2) is 0 Å². The molecule has 0 unspecified atom stereocenters. The SMILES string of the molecule is CCCN(Cc1nnnn1-c1ccccc1)C1CNC1. The zero-order chi connectivity index (χ0) is 13.8. The molecule has 6 heteroatoms. The molecule has 20 heavy (non-hydrogen) atoms. The van der Waals surface area contributed by atoms with Crippen molar-refractivity contribution in [3.63, 3.8) is 0 Å². The van der Waals surface area contributed by atoms with E-state index in [1.807, 2.05) is 35.0 Å². The molecule has 0 spiro atoms. The van der Waals surface area contributed by atoms with Crippen molar-refractivity contribution in [2.24, 2.45) is 0 Å². The van der Waals surface area contributed by atoms with E-state index in [-0.39, 0.29) is 0 Å². The van der Waals surface area contributed by atoms with E-state index in [9.17, 15) is 0 Å². The monoisotopic (exact) mass is 272 g/mol. The van der Waals surface area contributed by atoms with Crippen LogP contribution >= 0.6 is 0 Å². The molecule has 1 N–H and O–H groups in total. The Labute approximate surface area is 118 Å². The van der Waals surface area contributed by atoms with Gasteiger partial charge in [0.15, 0.2) is 5.82 Å². The third-order valence-corrected chi connectivity index (χ3v) is 3.67. The number of hydrogen-bond donors (Lipinski definition) is 1. The second-order valence-electron chi connectivity index (χ2n) is 5.13. The van der Waals surface area contributed by atoms with Crippen molar-refractivity contribution in [3.8, 4) is 5.69 Å². The number of hydrogen-bond acceptors (Lipinski definition) is 5. The lowest BCUT2D eigenvalue weighted by atomic mass is 10.1. The zero-order valence-corrected chi connectivity index (χ0v) is 11.7. The Morgan fingerprint density at radius 2 is 2.10 bits per heavy atom. The normalized spacial score (nSPS) is 15.5. The van der Waals surface area contributed by atoms with Crippen molar-refractivity contribution in [1.29, 1.82) is 0 Å². The highest BCUT2D eigenvalue weighted by molar-refractivity contribution is 5.30. The Hall–Kier alpha value is -1.79. The Morgan fingerprint density at radius 1 is 1.30 bits per heavy atom. The number of para-hydroxylation sites is 1. The maximum absolute atomic E-state index is 4.20. The molecule has 1 aliphatic rings. The van der Waals surface area contributed by atoms with Crippen LogP contribution in [0.1, 0.15) is 19.2 Å². The molecule has 1 saturated heterocycles. The van der Waals surface area contributed by atoms with Crippen molar-refractivity contribution in [1.82, 2.24) is 30.4 Å². The van der Waals surface area contributed by atoms with Gasteiger partial charge in [-0.3, -0.25) is 4.90 Å². The number of tetrazole rings is 1. The second-order valence-corrected chi connectivity index (χ2v) is 5.13. The van der Waals surface area contributed by atoms with Crippen molar-refractivity contribution >= 4 is 0 Å². The molecule has 106 valence electrons. The lowest BCUT2D eigenvalue weighted by molar-refractivity contribution is 0.133. The fourth-order valence-electron chi connectivity index (χ4n) is 2.47. The number of nitrogens with zero attached hydrogens (tertiary/aromatic N) is 5.